The number of nitriles is 1. The number of hydrogen-bond acceptors (Lipinski definition) is 5. The molecular weight excluding hydrogens is 444 g/mol. The minimum Gasteiger partial charge on any atom is -0.343 e. The Morgan fingerprint density at radius 3 is 2.85 bits per heavy atom. The second-order valence-corrected chi connectivity index (χ2v) is 7.94. The molecule has 3 amide bonds. The summed E-state index contributed by atoms with van der Waals surface area (Å²) in [5.74, 6) is -4.65. The third-order valence-corrected chi connectivity index (χ3v) is 5.49. The van der Waals surface area contributed by atoms with Crippen LogP contribution in [-0.2, 0) is 9.59 Å². The molecule has 3 heterocycles. The zero-order chi connectivity index (χ0) is 24.3. The van der Waals surface area contributed by atoms with Gasteiger partial charge in [0.15, 0.2) is 0 Å². The van der Waals surface area contributed by atoms with Crippen LogP contribution in [0.15, 0.2) is 53.2 Å². The average Bonchev–Trinajstić information content (AvgIpc) is 3.16. The van der Waals surface area contributed by atoms with Gasteiger partial charge in [-0.1, -0.05) is 24.3 Å². The third-order valence-electron chi connectivity index (χ3n) is 5.49. The van der Waals surface area contributed by atoms with Gasteiger partial charge in [0.25, 0.3) is 11.8 Å². The van der Waals surface area contributed by atoms with Crippen LogP contribution in [0.1, 0.15) is 28.8 Å². The van der Waals surface area contributed by atoms with Crippen LogP contribution in [0.3, 0.4) is 0 Å². The molecule has 8 nitrogen and oxygen atoms in total. The van der Waals surface area contributed by atoms with Crippen molar-refractivity contribution < 1.29 is 23.2 Å². The van der Waals surface area contributed by atoms with E-state index >= 15 is 0 Å². The van der Waals surface area contributed by atoms with E-state index in [4.69, 9.17) is 5.26 Å². The topological polar surface area (TPSA) is 116 Å². The molecule has 1 aromatic carbocycles. The van der Waals surface area contributed by atoms with Gasteiger partial charge in [0, 0.05) is 30.6 Å². The number of fused-ring (bicyclic) bond motifs is 1. The predicted molar refractivity (Wildman–Crippen MR) is 120 cm³/mol. The lowest BCUT2D eigenvalue weighted by Crippen LogP contribution is -2.43. The molecule has 1 fully saturated rings. The van der Waals surface area contributed by atoms with E-state index in [-0.39, 0.29) is 17.9 Å². The quantitative estimate of drug-likeness (QED) is 0.732. The fraction of sp³-hybridized carbons (Fsp3) is 0.250. The number of likely N-dealkylation sites (tertiary alicyclic amines) is 1. The van der Waals surface area contributed by atoms with Crippen LogP contribution in [0.5, 0.6) is 0 Å². The van der Waals surface area contributed by atoms with E-state index in [2.05, 4.69) is 15.3 Å². The molecule has 2 aliphatic heterocycles. The molecule has 0 saturated carbocycles. The molecule has 1 saturated heterocycles. The number of carbonyl (C=O) groups excluding carboxylic acids is 3. The minimum absolute atomic E-state index is 0.204. The Morgan fingerprint density at radius 2 is 2.12 bits per heavy atom. The zero-order valence-electron chi connectivity index (χ0n) is 17.9. The summed E-state index contributed by atoms with van der Waals surface area (Å²) in [5.41, 5.74) is 2.38. The molecule has 34 heavy (non-hydrogen) atoms. The van der Waals surface area contributed by atoms with Crippen LogP contribution in [0.25, 0.3) is 17.0 Å². The van der Waals surface area contributed by atoms with Crippen LogP contribution in [0.4, 0.5) is 8.78 Å². The predicted octanol–water partition coefficient (Wildman–Crippen LogP) is 2.67. The first-order chi connectivity index (χ1) is 16.3. The summed E-state index contributed by atoms with van der Waals surface area (Å²) in [6, 6.07) is 7.30. The Kier molecular flexibility index (Phi) is 6.27. The van der Waals surface area contributed by atoms with E-state index < -0.39 is 43.3 Å². The van der Waals surface area contributed by atoms with Crippen LogP contribution >= 0.6 is 0 Å². The van der Waals surface area contributed by atoms with E-state index in [9.17, 15) is 23.2 Å². The van der Waals surface area contributed by atoms with Gasteiger partial charge in [0.05, 0.1) is 30.2 Å². The minimum atomic E-state index is -3.12. The number of rotatable bonds is 5. The second kappa shape index (κ2) is 9.31. The summed E-state index contributed by atoms with van der Waals surface area (Å²) in [6.07, 6.45) is 7.83. The monoisotopic (exact) mass is 463 g/mol. The van der Waals surface area contributed by atoms with Crippen molar-refractivity contribution in [1.29, 1.82) is 5.26 Å². The lowest BCUT2D eigenvalue weighted by Gasteiger charge is -2.19. The lowest BCUT2D eigenvalue weighted by molar-refractivity contribution is -0.131. The van der Waals surface area contributed by atoms with Gasteiger partial charge >= 0.3 is 0 Å². The number of aliphatic imine (C=N–C) groups is 1. The first-order valence-electron chi connectivity index (χ1n) is 10.4. The van der Waals surface area contributed by atoms with E-state index in [0.29, 0.717) is 10.9 Å². The van der Waals surface area contributed by atoms with E-state index in [1.165, 1.54) is 18.5 Å². The molecule has 0 aliphatic carbocycles. The number of nitrogens with zero attached hydrogens (tertiary/aromatic N) is 4. The summed E-state index contributed by atoms with van der Waals surface area (Å²) in [6.45, 7) is -1.36. The highest BCUT2D eigenvalue weighted by molar-refractivity contribution is 6.07. The van der Waals surface area contributed by atoms with Crippen molar-refractivity contribution in [3.63, 3.8) is 0 Å². The molecule has 2 aromatic rings. The highest BCUT2D eigenvalue weighted by Gasteiger charge is 2.47. The van der Waals surface area contributed by atoms with Crippen LogP contribution < -0.4 is 5.32 Å². The van der Waals surface area contributed by atoms with Crippen LogP contribution in [-0.4, -0.2) is 58.9 Å². The second-order valence-electron chi connectivity index (χ2n) is 7.94. The fourth-order valence-electron chi connectivity index (χ4n) is 3.77. The normalized spacial score (nSPS) is 19.3. The van der Waals surface area contributed by atoms with Gasteiger partial charge in [-0.3, -0.25) is 19.4 Å². The highest BCUT2D eigenvalue weighted by atomic mass is 19.3. The molecular formula is C24H19F2N5O3. The van der Waals surface area contributed by atoms with Gasteiger partial charge in [-0.15, -0.1) is 0 Å². The van der Waals surface area contributed by atoms with Crippen molar-refractivity contribution >= 4 is 40.9 Å². The van der Waals surface area contributed by atoms with Crippen molar-refractivity contribution in [2.45, 2.75) is 24.8 Å². The Bertz CT molecular complexity index is 1310. The molecule has 10 heteroatoms. The number of carbonyl (C=O) groups is 3. The Labute approximate surface area is 193 Å². The Balaban J connectivity index is 1.49. The summed E-state index contributed by atoms with van der Waals surface area (Å²) in [5, 5.41) is 12.1. The summed E-state index contributed by atoms with van der Waals surface area (Å²) in [7, 11) is 0. The summed E-state index contributed by atoms with van der Waals surface area (Å²) >= 11 is 0. The number of halogens is 2. The number of nitrogens with one attached hydrogen (secondary N) is 1. The van der Waals surface area contributed by atoms with Crippen molar-refractivity contribution in [3.8, 4) is 6.07 Å². The molecule has 1 aromatic heterocycles. The number of amides is 3. The van der Waals surface area contributed by atoms with Gasteiger partial charge in [-0.2, -0.15) is 5.26 Å². The standard InChI is InChI=1S/C24H19F2N5O3/c25-24(26)10-17(11-27)31(14-24)22(33)13-30-23(34)18-7-8-28-20-5-3-15(9-19(18)20)1-2-16-4-6-21(32)29-12-16/h1-5,7-9,12,17H,6,10,13-14H2,(H,30,34)/b2-1+/t17-/m0/s1. The lowest BCUT2D eigenvalue weighted by atomic mass is 10.0. The van der Waals surface area contributed by atoms with Crippen molar-refractivity contribution in [3.05, 3.63) is 59.3 Å². The summed E-state index contributed by atoms with van der Waals surface area (Å²) in [4.78, 5) is 45.2. The SMILES string of the molecule is N#C[C@@H]1CC(F)(F)CN1C(=O)CNC(=O)c1ccnc2ccc(/C=C/C3=CCC(=O)N=C3)cc12. The molecule has 1 N–H and O–H groups in total. The molecule has 4 rings (SSSR count). The number of aromatic nitrogens is 1. The Morgan fingerprint density at radius 1 is 1.29 bits per heavy atom. The number of pyridine rings is 1. The first-order valence-corrected chi connectivity index (χ1v) is 10.4. The number of hydrogen-bond donors (Lipinski definition) is 1. The van der Waals surface area contributed by atoms with E-state index in [1.54, 1.807) is 36.4 Å². The molecule has 0 spiro atoms. The maximum absolute atomic E-state index is 13.6. The molecule has 1 atom stereocenters. The Hall–Kier alpha value is -4.26. The maximum Gasteiger partial charge on any atom is 0.268 e. The summed E-state index contributed by atoms with van der Waals surface area (Å²) < 4.78 is 27.2. The van der Waals surface area contributed by atoms with Crippen LogP contribution in [0.2, 0.25) is 0 Å². The zero-order valence-corrected chi connectivity index (χ0v) is 17.9. The van der Waals surface area contributed by atoms with Crippen LogP contribution in [0, 0.1) is 11.3 Å². The smallest absolute Gasteiger partial charge is 0.268 e. The number of dihydropyridines is 1. The van der Waals surface area contributed by atoms with Gasteiger partial charge in [0.1, 0.15) is 6.04 Å². The average molecular weight is 463 g/mol. The van der Waals surface area contributed by atoms with E-state index in [0.717, 1.165) is 16.0 Å². The first kappa shape index (κ1) is 22.9. The number of benzene rings is 1. The van der Waals surface area contributed by atoms with Crippen molar-refractivity contribution in [1.82, 2.24) is 15.2 Å². The van der Waals surface area contributed by atoms with Crippen molar-refractivity contribution in [2.75, 3.05) is 13.1 Å². The highest BCUT2D eigenvalue weighted by Crippen LogP contribution is 2.31. The third kappa shape index (κ3) is 5.04. The number of allylic oxidation sites excluding steroid dienone is 2. The fourth-order valence-corrected chi connectivity index (χ4v) is 3.77. The largest absolute Gasteiger partial charge is 0.343 e. The van der Waals surface area contributed by atoms with Gasteiger partial charge in [0.2, 0.25) is 11.8 Å². The van der Waals surface area contributed by atoms with E-state index in [1.807, 2.05) is 6.07 Å². The van der Waals surface area contributed by atoms with Gasteiger partial charge < -0.3 is 10.2 Å². The molecule has 0 bridgehead atoms. The maximum atomic E-state index is 13.6. The molecule has 172 valence electrons. The van der Waals surface area contributed by atoms with Crippen molar-refractivity contribution in [2.24, 2.45) is 4.99 Å². The molecule has 0 unspecified atom stereocenters. The number of alkyl halides is 2. The molecule has 2 aliphatic rings. The van der Waals surface area contributed by atoms with Gasteiger partial charge in [-0.25, -0.2) is 13.8 Å². The van der Waals surface area contributed by atoms with Gasteiger partial charge in [-0.05, 0) is 29.3 Å². The molecule has 0 radical (unpaired) electrons.